The van der Waals surface area contributed by atoms with E-state index in [9.17, 15) is 4.79 Å². The Morgan fingerprint density at radius 1 is 1.11 bits per heavy atom. The van der Waals surface area contributed by atoms with Gasteiger partial charge in [0.25, 0.3) is 0 Å². The summed E-state index contributed by atoms with van der Waals surface area (Å²) in [4.78, 5) is 18.6. The van der Waals surface area contributed by atoms with Crippen molar-refractivity contribution in [2.24, 2.45) is 5.92 Å². The minimum Gasteiger partial charge on any atom is -0.353 e. The standard InChI is InChI=1S/C29H41Cl2N5O/c1-20(2)18-25-29(35(3)4,22-8-10-23(30)11-9-22)26(21-6-5-7-24(31)19-21)27(34-25)28(37)33-14-17-36-15-12-32-13-16-36/h5-11,19-20,25-27,32,34H,12-18H2,1-4H3,(H,33,37). The molecule has 0 radical (unpaired) electrons. The average Bonchev–Trinajstić information content (AvgIpc) is 3.20. The van der Waals surface area contributed by atoms with Gasteiger partial charge in [0.15, 0.2) is 0 Å². The van der Waals surface area contributed by atoms with Gasteiger partial charge in [-0.2, -0.15) is 0 Å². The number of carbonyl (C=O) groups excluding carboxylic acids is 1. The van der Waals surface area contributed by atoms with E-state index in [0.29, 0.717) is 22.5 Å². The van der Waals surface area contributed by atoms with Crippen LogP contribution in [0.1, 0.15) is 37.3 Å². The van der Waals surface area contributed by atoms with E-state index in [2.05, 4.69) is 71.9 Å². The molecule has 0 aliphatic carbocycles. The van der Waals surface area contributed by atoms with E-state index >= 15 is 0 Å². The molecule has 2 aliphatic rings. The third kappa shape index (κ3) is 6.16. The Kier molecular flexibility index (Phi) is 9.54. The van der Waals surface area contributed by atoms with Crippen LogP contribution in [0.2, 0.25) is 10.0 Å². The molecule has 1 amide bonds. The van der Waals surface area contributed by atoms with Crippen molar-refractivity contribution in [1.29, 1.82) is 0 Å². The Morgan fingerprint density at radius 3 is 2.43 bits per heavy atom. The zero-order valence-electron chi connectivity index (χ0n) is 22.4. The molecule has 2 aliphatic heterocycles. The van der Waals surface area contributed by atoms with Crippen LogP contribution in [0.15, 0.2) is 48.5 Å². The maximum atomic E-state index is 13.9. The van der Waals surface area contributed by atoms with Gasteiger partial charge >= 0.3 is 0 Å². The molecule has 3 N–H and O–H groups in total. The third-order valence-electron chi connectivity index (χ3n) is 7.90. The molecule has 0 saturated carbocycles. The number of halogens is 2. The minimum absolute atomic E-state index is 0.0338. The summed E-state index contributed by atoms with van der Waals surface area (Å²) in [6.07, 6.45) is 0.919. The van der Waals surface area contributed by atoms with Gasteiger partial charge in [-0.05, 0) is 61.8 Å². The number of hydrogen-bond acceptors (Lipinski definition) is 5. The molecular weight excluding hydrogens is 505 g/mol. The van der Waals surface area contributed by atoms with Crippen LogP contribution in [0.5, 0.6) is 0 Å². The second kappa shape index (κ2) is 12.5. The summed E-state index contributed by atoms with van der Waals surface area (Å²) in [5.74, 6) is 0.315. The van der Waals surface area contributed by atoms with Crippen molar-refractivity contribution < 1.29 is 4.79 Å². The van der Waals surface area contributed by atoms with Gasteiger partial charge < -0.3 is 16.0 Å². The predicted molar refractivity (Wildman–Crippen MR) is 153 cm³/mol. The van der Waals surface area contributed by atoms with Crippen LogP contribution in [-0.4, -0.2) is 81.2 Å². The molecule has 4 atom stereocenters. The highest BCUT2D eigenvalue weighted by Crippen LogP contribution is 2.52. The van der Waals surface area contributed by atoms with Gasteiger partial charge in [-0.15, -0.1) is 0 Å². The smallest absolute Gasteiger partial charge is 0.237 e. The minimum atomic E-state index is -0.486. The van der Waals surface area contributed by atoms with Crippen molar-refractivity contribution in [3.05, 3.63) is 69.7 Å². The molecule has 2 aromatic carbocycles. The Morgan fingerprint density at radius 2 is 1.81 bits per heavy atom. The normalized spacial score (nSPS) is 26.6. The van der Waals surface area contributed by atoms with Crippen molar-refractivity contribution in [1.82, 2.24) is 25.8 Å². The van der Waals surface area contributed by atoms with Crippen molar-refractivity contribution >= 4 is 29.1 Å². The summed E-state index contributed by atoms with van der Waals surface area (Å²) in [5, 5.41) is 11.8. The zero-order valence-corrected chi connectivity index (χ0v) is 23.9. The molecule has 37 heavy (non-hydrogen) atoms. The van der Waals surface area contributed by atoms with Crippen LogP contribution >= 0.6 is 23.2 Å². The number of likely N-dealkylation sites (N-methyl/N-ethyl adjacent to an activating group) is 1. The highest BCUT2D eigenvalue weighted by atomic mass is 35.5. The highest BCUT2D eigenvalue weighted by Gasteiger charge is 2.59. The SMILES string of the molecule is CC(C)CC1NC(C(=O)NCCN2CCNCC2)C(c2cccc(Cl)c2)C1(c1ccc(Cl)cc1)N(C)C. The Bertz CT molecular complexity index is 1040. The fourth-order valence-electron chi connectivity index (χ4n) is 6.33. The van der Waals surface area contributed by atoms with Gasteiger partial charge in [0.2, 0.25) is 5.91 Å². The van der Waals surface area contributed by atoms with E-state index in [1.54, 1.807) is 0 Å². The molecule has 2 fully saturated rings. The molecule has 2 saturated heterocycles. The van der Waals surface area contributed by atoms with Crippen molar-refractivity contribution in [2.75, 3.05) is 53.4 Å². The van der Waals surface area contributed by atoms with E-state index < -0.39 is 11.6 Å². The van der Waals surface area contributed by atoms with Gasteiger partial charge in [0.05, 0.1) is 11.6 Å². The van der Waals surface area contributed by atoms with E-state index in [4.69, 9.17) is 23.2 Å². The lowest BCUT2D eigenvalue weighted by Crippen LogP contribution is -2.53. The topological polar surface area (TPSA) is 59.6 Å². The Hall–Kier alpha value is -1.67. The average molecular weight is 547 g/mol. The summed E-state index contributed by atoms with van der Waals surface area (Å²) in [7, 11) is 4.23. The fraction of sp³-hybridized carbons (Fsp3) is 0.552. The largest absolute Gasteiger partial charge is 0.353 e. The Labute approximate surface area is 232 Å². The quantitative estimate of drug-likeness (QED) is 0.445. The van der Waals surface area contributed by atoms with Gasteiger partial charge in [-0.1, -0.05) is 61.3 Å². The van der Waals surface area contributed by atoms with Crippen LogP contribution in [0.4, 0.5) is 0 Å². The first-order chi connectivity index (χ1) is 17.7. The van der Waals surface area contributed by atoms with Crippen LogP contribution in [0, 0.1) is 5.92 Å². The number of hydrogen-bond donors (Lipinski definition) is 3. The maximum Gasteiger partial charge on any atom is 0.237 e. The number of amides is 1. The van der Waals surface area contributed by atoms with Crippen molar-refractivity contribution in [3.8, 4) is 0 Å². The van der Waals surface area contributed by atoms with Gasteiger partial charge in [0.1, 0.15) is 0 Å². The summed E-state index contributed by atoms with van der Waals surface area (Å²) in [6.45, 7) is 9.98. The summed E-state index contributed by atoms with van der Waals surface area (Å²) < 4.78 is 0. The van der Waals surface area contributed by atoms with Gasteiger partial charge in [-0.25, -0.2) is 0 Å². The lowest BCUT2D eigenvalue weighted by atomic mass is 9.68. The van der Waals surface area contributed by atoms with E-state index in [1.165, 1.54) is 0 Å². The molecule has 0 aromatic heterocycles. The number of carbonyl (C=O) groups is 1. The van der Waals surface area contributed by atoms with E-state index in [1.807, 2.05) is 30.3 Å². The molecule has 0 bridgehead atoms. The summed E-state index contributed by atoms with van der Waals surface area (Å²) in [6, 6.07) is 15.7. The molecule has 202 valence electrons. The molecule has 2 heterocycles. The number of rotatable bonds is 9. The van der Waals surface area contributed by atoms with Crippen LogP contribution in [0.25, 0.3) is 0 Å². The molecular formula is C29H41Cl2N5O. The van der Waals surface area contributed by atoms with Gasteiger partial charge in [-0.3, -0.25) is 14.6 Å². The first kappa shape index (κ1) is 28.3. The summed E-state index contributed by atoms with van der Waals surface area (Å²) in [5.41, 5.74) is 1.71. The molecule has 4 unspecified atom stereocenters. The van der Waals surface area contributed by atoms with E-state index in [0.717, 1.165) is 50.3 Å². The lowest BCUT2D eigenvalue weighted by Gasteiger charge is -2.47. The van der Waals surface area contributed by atoms with Crippen LogP contribution in [0.3, 0.4) is 0 Å². The monoisotopic (exact) mass is 545 g/mol. The summed E-state index contributed by atoms with van der Waals surface area (Å²) >= 11 is 12.8. The van der Waals surface area contributed by atoms with Gasteiger partial charge in [0, 0.05) is 61.3 Å². The maximum absolute atomic E-state index is 13.9. The van der Waals surface area contributed by atoms with Crippen LogP contribution in [-0.2, 0) is 10.3 Å². The molecule has 4 rings (SSSR count). The zero-order chi connectivity index (χ0) is 26.6. The highest BCUT2D eigenvalue weighted by molar-refractivity contribution is 6.30. The first-order valence-electron chi connectivity index (χ1n) is 13.4. The lowest BCUT2D eigenvalue weighted by molar-refractivity contribution is -0.123. The number of piperazine rings is 1. The van der Waals surface area contributed by atoms with Crippen molar-refractivity contribution in [2.45, 2.75) is 43.8 Å². The number of nitrogens with zero attached hydrogens (tertiary/aromatic N) is 2. The van der Waals surface area contributed by atoms with Crippen molar-refractivity contribution in [3.63, 3.8) is 0 Å². The first-order valence-corrected chi connectivity index (χ1v) is 14.1. The molecule has 8 heteroatoms. The number of nitrogens with one attached hydrogen (secondary N) is 3. The predicted octanol–water partition coefficient (Wildman–Crippen LogP) is 3.94. The molecule has 6 nitrogen and oxygen atoms in total. The number of benzene rings is 2. The third-order valence-corrected chi connectivity index (χ3v) is 8.39. The second-order valence-corrected chi connectivity index (χ2v) is 11.8. The fourth-order valence-corrected chi connectivity index (χ4v) is 6.66. The Balaban J connectivity index is 1.74. The van der Waals surface area contributed by atoms with E-state index in [-0.39, 0.29) is 17.9 Å². The molecule has 2 aromatic rings. The molecule has 0 spiro atoms. The second-order valence-electron chi connectivity index (χ2n) is 11.0. The van der Waals surface area contributed by atoms with Crippen LogP contribution < -0.4 is 16.0 Å².